The Kier molecular flexibility index (Phi) is 5.82. The molecule has 36 heavy (non-hydrogen) atoms. The molecule has 0 radical (unpaired) electrons. The molecule has 4 N–H and O–H groups in total. The van der Waals surface area contributed by atoms with E-state index >= 15 is 0 Å². The molecule has 1 aliphatic heterocycles. The van der Waals surface area contributed by atoms with E-state index in [0.29, 0.717) is 28.8 Å². The Hall–Kier alpha value is -4.08. The van der Waals surface area contributed by atoms with Crippen molar-refractivity contribution in [2.45, 2.75) is 58.5 Å². The van der Waals surface area contributed by atoms with Gasteiger partial charge in [0.05, 0.1) is 17.6 Å². The van der Waals surface area contributed by atoms with Crippen LogP contribution in [0.2, 0.25) is 0 Å². The van der Waals surface area contributed by atoms with Crippen LogP contribution in [0.4, 0.5) is 0 Å². The van der Waals surface area contributed by atoms with Gasteiger partial charge in [-0.05, 0) is 48.9 Å². The van der Waals surface area contributed by atoms with Crippen LogP contribution in [-0.4, -0.2) is 25.5 Å². The van der Waals surface area contributed by atoms with Gasteiger partial charge in [-0.1, -0.05) is 31.8 Å². The summed E-state index contributed by atoms with van der Waals surface area (Å²) in [5, 5.41) is 35.6. The van der Waals surface area contributed by atoms with E-state index in [9.17, 15) is 10.4 Å². The van der Waals surface area contributed by atoms with Crippen LogP contribution in [0.3, 0.4) is 0 Å². The number of nitrogens with zero attached hydrogens (tertiary/aromatic N) is 4. The molecule has 5 rings (SSSR count). The number of aryl methyl sites for hydroxylation is 2. The molecule has 0 spiro atoms. The zero-order valence-corrected chi connectivity index (χ0v) is 20.7. The molecule has 184 valence electrons. The summed E-state index contributed by atoms with van der Waals surface area (Å²) in [6, 6.07) is 8.07. The molecule has 9 nitrogen and oxygen atoms in total. The van der Waals surface area contributed by atoms with Crippen molar-refractivity contribution in [1.82, 2.24) is 20.4 Å². The first-order valence-electron chi connectivity index (χ1n) is 12.0. The lowest BCUT2D eigenvalue weighted by molar-refractivity contribution is 0.276. The van der Waals surface area contributed by atoms with Gasteiger partial charge in [0.25, 0.3) is 0 Å². The molecule has 3 aromatic rings. The van der Waals surface area contributed by atoms with Crippen molar-refractivity contribution in [3.63, 3.8) is 0 Å². The van der Waals surface area contributed by atoms with Crippen LogP contribution in [0, 0.1) is 48.9 Å². The van der Waals surface area contributed by atoms with Crippen LogP contribution in [0.5, 0.6) is 5.88 Å². The third-order valence-corrected chi connectivity index (χ3v) is 7.21. The first-order valence-corrected chi connectivity index (χ1v) is 12.0. The summed E-state index contributed by atoms with van der Waals surface area (Å²) in [7, 11) is 0. The maximum atomic E-state index is 10.2. The van der Waals surface area contributed by atoms with Gasteiger partial charge in [0, 0.05) is 30.0 Å². The zero-order chi connectivity index (χ0) is 25.6. The predicted molar refractivity (Wildman–Crippen MR) is 130 cm³/mol. The number of aromatic amines is 1. The third kappa shape index (κ3) is 3.64. The predicted octanol–water partition coefficient (Wildman–Crippen LogP) is 3.48. The van der Waals surface area contributed by atoms with E-state index in [2.05, 4.69) is 38.3 Å². The molecule has 2 aromatic heterocycles. The fourth-order valence-corrected chi connectivity index (χ4v) is 5.44. The highest BCUT2D eigenvalue weighted by atomic mass is 16.5. The largest absolute Gasteiger partial charge is 0.425 e. The molecular weight excluding hydrogens is 456 g/mol. The van der Waals surface area contributed by atoms with Crippen molar-refractivity contribution in [2.75, 3.05) is 0 Å². The van der Waals surface area contributed by atoms with Gasteiger partial charge >= 0.3 is 0 Å². The number of benzene rings is 1. The second-order valence-electron chi connectivity index (χ2n) is 9.82. The summed E-state index contributed by atoms with van der Waals surface area (Å²) in [6.07, 6.45) is 1.73. The average molecular weight is 485 g/mol. The minimum absolute atomic E-state index is 0.0315. The normalized spacial score (nSPS) is 22.8. The maximum absolute atomic E-state index is 10.2. The molecule has 1 aromatic carbocycles. The van der Waals surface area contributed by atoms with Gasteiger partial charge in [-0.15, -0.1) is 15.3 Å². The number of allylic oxidation sites excluding steroid dienone is 1. The Morgan fingerprint density at radius 1 is 1.25 bits per heavy atom. The summed E-state index contributed by atoms with van der Waals surface area (Å²) in [5.41, 5.74) is 9.49. The van der Waals surface area contributed by atoms with E-state index in [1.54, 1.807) is 6.92 Å². The molecule has 1 aliphatic carbocycles. The number of nitrogens with one attached hydrogen (secondary N) is 1. The SMILES string of the molecule is Cc1nnc(C2CC(C#Cc3cc(CO)cc(C4(C(C)C)C(C#N)=C(N)Oc5n[nH]c(C)c54)c3)C2)o1. The lowest BCUT2D eigenvalue weighted by Crippen LogP contribution is -2.41. The molecule has 1 saturated carbocycles. The van der Waals surface area contributed by atoms with E-state index in [0.717, 1.165) is 35.2 Å². The Labute approximate surface area is 209 Å². The van der Waals surface area contributed by atoms with Gasteiger partial charge in [-0.25, -0.2) is 0 Å². The van der Waals surface area contributed by atoms with Crippen molar-refractivity contribution in [3.05, 3.63) is 69.4 Å². The minimum Gasteiger partial charge on any atom is -0.425 e. The smallest absolute Gasteiger partial charge is 0.244 e. The Balaban J connectivity index is 1.56. The van der Waals surface area contributed by atoms with Crippen LogP contribution in [0.15, 0.2) is 34.1 Å². The number of hydrogen-bond donors (Lipinski definition) is 3. The topological polar surface area (TPSA) is 147 Å². The number of nitrogens with two attached hydrogens (primary N) is 1. The molecule has 0 saturated heterocycles. The number of hydrogen-bond acceptors (Lipinski definition) is 8. The van der Waals surface area contributed by atoms with Gasteiger partial charge in [-0.2, -0.15) is 5.26 Å². The second-order valence-corrected chi connectivity index (χ2v) is 9.82. The van der Waals surface area contributed by atoms with Gasteiger partial charge in [0.1, 0.15) is 11.6 Å². The lowest BCUT2D eigenvalue weighted by atomic mass is 9.61. The van der Waals surface area contributed by atoms with Crippen LogP contribution in [0.25, 0.3) is 0 Å². The molecule has 0 amide bonds. The van der Waals surface area contributed by atoms with Crippen molar-refractivity contribution < 1.29 is 14.3 Å². The van der Waals surface area contributed by atoms with Crippen LogP contribution in [0.1, 0.15) is 72.3 Å². The first kappa shape index (κ1) is 23.7. The van der Waals surface area contributed by atoms with E-state index in [1.807, 2.05) is 39.0 Å². The number of fused-ring (bicyclic) bond motifs is 1. The number of nitriles is 1. The first-order chi connectivity index (χ1) is 17.3. The fraction of sp³-hybridized carbons (Fsp3) is 0.407. The number of aromatic nitrogens is 4. The van der Waals surface area contributed by atoms with E-state index in [-0.39, 0.29) is 30.2 Å². The number of H-pyrrole nitrogens is 1. The number of aliphatic hydroxyl groups excluding tert-OH is 1. The Morgan fingerprint density at radius 3 is 2.67 bits per heavy atom. The quantitative estimate of drug-likeness (QED) is 0.477. The van der Waals surface area contributed by atoms with Crippen LogP contribution >= 0.6 is 0 Å². The second kappa shape index (κ2) is 8.85. The summed E-state index contributed by atoms with van der Waals surface area (Å²) >= 11 is 0. The Morgan fingerprint density at radius 2 is 2.03 bits per heavy atom. The number of rotatable bonds is 4. The maximum Gasteiger partial charge on any atom is 0.244 e. The van der Waals surface area contributed by atoms with Gasteiger partial charge in [-0.3, -0.25) is 5.10 Å². The van der Waals surface area contributed by atoms with Gasteiger partial charge in [0.2, 0.25) is 23.5 Å². The highest BCUT2D eigenvalue weighted by molar-refractivity contribution is 5.63. The number of aliphatic hydroxyl groups is 1. The van der Waals surface area contributed by atoms with Crippen LogP contribution < -0.4 is 10.5 Å². The molecule has 0 bridgehead atoms. The monoisotopic (exact) mass is 484 g/mol. The van der Waals surface area contributed by atoms with Crippen molar-refractivity contribution in [3.8, 4) is 23.8 Å². The summed E-state index contributed by atoms with van der Waals surface area (Å²) in [4.78, 5) is 0. The van der Waals surface area contributed by atoms with Crippen molar-refractivity contribution >= 4 is 0 Å². The molecular formula is C27H28N6O3. The summed E-state index contributed by atoms with van der Waals surface area (Å²) < 4.78 is 11.3. The average Bonchev–Trinajstić information content (AvgIpc) is 3.41. The highest BCUT2D eigenvalue weighted by Crippen LogP contribution is 2.52. The molecule has 9 heteroatoms. The number of ether oxygens (including phenoxy) is 1. The molecule has 1 unspecified atom stereocenters. The standard InChI is InChI=1S/C27H28N6O3/c1-14(2)27(22(12-28)24(29)36-26-23(27)15(3)30-33-26)21-10-17(7-19(11-21)13-34)5-6-18-8-20(9-18)25-32-31-16(4)35-25/h7,10-11,14,18,20,34H,8-9,13,29H2,1-4H3,(H,30,33). The summed E-state index contributed by atoms with van der Waals surface area (Å²) in [6.45, 7) is 7.60. The molecule has 1 fully saturated rings. The van der Waals surface area contributed by atoms with Crippen LogP contribution in [-0.2, 0) is 12.0 Å². The third-order valence-electron chi connectivity index (χ3n) is 7.21. The fourth-order valence-electron chi connectivity index (χ4n) is 5.44. The summed E-state index contributed by atoms with van der Waals surface area (Å²) in [5.74, 6) is 8.67. The Bertz CT molecular complexity index is 1460. The lowest BCUT2D eigenvalue weighted by Gasteiger charge is -2.41. The van der Waals surface area contributed by atoms with Crippen molar-refractivity contribution in [2.24, 2.45) is 17.6 Å². The van der Waals surface area contributed by atoms with Gasteiger partial charge in [0.15, 0.2) is 0 Å². The van der Waals surface area contributed by atoms with E-state index < -0.39 is 5.41 Å². The molecule has 1 atom stereocenters. The molecule has 2 aliphatic rings. The van der Waals surface area contributed by atoms with Gasteiger partial charge < -0.3 is 20.0 Å². The minimum atomic E-state index is -0.914. The van der Waals surface area contributed by atoms with Crippen molar-refractivity contribution in [1.29, 1.82) is 5.26 Å². The zero-order valence-electron chi connectivity index (χ0n) is 20.7. The molecule has 3 heterocycles. The van der Waals surface area contributed by atoms with E-state index in [4.69, 9.17) is 14.9 Å². The van der Waals surface area contributed by atoms with E-state index in [1.165, 1.54) is 0 Å². The highest BCUT2D eigenvalue weighted by Gasteiger charge is 2.50.